The third-order valence-electron chi connectivity index (χ3n) is 4.13. The molecule has 0 aliphatic carbocycles. The molecule has 1 saturated heterocycles. The molecule has 1 fully saturated rings. The molecule has 2 rings (SSSR count). The average Bonchev–Trinajstić information content (AvgIpc) is 2.35. The number of rotatable bonds is 2. The highest BCUT2D eigenvalue weighted by atomic mass is 32.2. The zero-order valence-electron chi connectivity index (χ0n) is 11.8. The van der Waals surface area contributed by atoms with Gasteiger partial charge in [0.1, 0.15) is 0 Å². The zero-order chi connectivity index (χ0) is 14.2. The van der Waals surface area contributed by atoms with Crippen molar-refractivity contribution >= 4 is 15.7 Å². The molecule has 1 heterocycles. The molecule has 0 radical (unpaired) electrons. The van der Waals surface area contributed by atoms with Gasteiger partial charge in [-0.15, -0.1) is 0 Å². The van der Waals surface area contributed by atoms with Crippen molar-refractivity contribution in [3.05, 3.63) is 23.8 Å². The van der Waals surface area contributed by atoms with E-state index in [1.807, 2.05) is 6.92 Å². The standard InChI is InChI=1S/C14H22N2O2S/c1-10-6-7-16(9-12(10)3)19(17,18)14-8-13(15)5-4-11(14)2/h4-5,8,10,12H,6-7,9,15H2,1-3H3. The minimum absolute atomic E-state index is 0.342. The topological polar surface area (TPSA) is 63.4 Å². The summed E-state index contributed by atoms with van der Waals surface area (Å²) in [6.07, 6.45) is 0.918. The Bertz CT molecular complexity index is 569. The first kappa shape index (κ1) is 14.3. The van der Waals surface area contributed by atoms with Gasteiger partial charge in [-0.3, -0.25) is 0 Å². The van der Waals surface area contributed by atoms with Gasteiger partial charge in [0.05, 0.1) is 4.90 Å². The van der Waals surface area contributed by atoms with Crippen LogP contribution in [0.15, 0.2) is 23.1 Å². The van der Waals surface area contributed by atoms with Crippen LogP contribution in [0.1, 0.15) is 25.8 Å². The maximum atomic E-state index is 12.7. The fourth-order valence-corrected chi connectivity index (χ4v) is 4.29. The molecule has 1 aromatic rings. The van der Waals surface area contributed by atoms with Crippen LogP contribution in [0.2, 0.25) is 0 Å². The van der Waals surface area contributed by atoms with E-state index in [0.717, 1.165) is 12.0 Å². The third kappa shape index (κ3) is 2.77. The Labute approximate surface area is 115 Å². The van der Waals surface area contributed by atoms with Gasteiger partial charge in [0.25, 0.3) is 0 Å². The Hall–Kier alpha value is -1.07. The van der Waals surface area contributed by atoms with Crippen LogP contribution in [0, 0.1) is 18.8 Å². The van der Waals surface area contributed by atoms with Crippen LogP contribution in [0.3, 0.4) is 0 Å². The molecule has 2 atom stereocenters. The van der Waals surface area contributed by atoms with Crippen molar-refractivity contribution in [1.82, 2.24) is 4.31 Å². The molecule has 4 nitrogen and oxygen atoms in total. The first-order valence-electron chi connectivity index (χ1n) is 6.68. The summed E-state index contributed by atoms with van der Waals surface area (Å²) < 4.78 is 27.0. The van der Waals surface area contributed by atoms with Gasteiger partial charge in [-0.1, -0.05) is 19.9 Å². The predicted octanol–water partition coefficient (Wildman–Crippen LogP) is 2.24. The maximum absolute atomic E-state index is 12.7. The quantitative estimate of drug-likeness (QED) is 0.846. The number of anilines is 1. The van der Waals surface area contributed by atoms with E-state index in [1.54, 1.807) is 22.5 Å². The molecule has 1 aliphatic rings. The highest BCUT2D eigenvalue weighted by Gasteiger charge is 2.32. The van der Waals surface area contributed by atoms with Gasteiger partial charge in [0, 0.05) is 18.8 Å². The van der Waals surface area contributed by atoms with E-state index in [4.69, 9.17) is 5.73 Å². The molecule has 2 N–H and O–H groups in total. The van der Waals surface area contributed by atoms with Crippen LogP contribution < -0.4 is 5.73 Å². The van der Waals surface area contributed by atoms with E-state index >= 15 is 0 Å². The molecule has 5 heteroatoms. The second kappa shape index (κ2) is 5.13. The first-order valence-corrected chi connectivity index (χ1v) is 8.12. The van der Waals surface area contributed by atoms with Gasteiger partial charge < -0.3 is 5.73 Å². The normalized spacial score (nSPS) is 25.4. The van der Waals surface area contributed by atoms with Crippen LogP contribution >= 0.6 is 0 Å². The van der Waals surface area contributed by atoms with Crippen molar-refractivity contribution in [3.63, 3.8) is 0 Å². The summed E-state index contributed by atoms with van der Waals surface area (Å²) in [5, 5.41) is 0. The summed E-state index contributed by atoms with van der Waals surface area (Å²) in [5.41, 5.74) is 6.96. The number of aryl methyl sites for hydroxylation is 1. The minimum Gasteiger partial charge on any atom is -0.399 e. The number of nitrogens with zero attached hydrogens (tertiary/aromatic N) is 1. The number of benzene rings is 1. The van der Waals surface area contributed by atoms with Gasteiger partial charge in [0.15, 0.2) is 0 Å². The van der Waals surface area contributed by atoms with Crippen molar-refractivity contribution in [2.45, 2.75) is 32.1 Å². The van der Waals surface area contributed by atoms with E-state index in [-0.39, 0.29) is 0 Å². The van der Waals surface area contributed by atoms with Crippen LogP contribution in [0.5, 0.6) is 0 Å². The molecular formula is C14H22N2O2S. The van der Waals surface area contributed by atoms with E-state index in [1.165, 1.54) is 0 Å². The van der Waals surface area contributed by atoms with Crippen LogP contribution in [-0.4, -0.2) is 25.8 Å². The molecule has 1 aromatic carbocycles. The van der Waals surface area contributed by atoms with E-state index in [9.17, 15) is 8.42 Å². The van der Waals surface area contributed by atoms with Gasteiger partial charge >= 0.3 is 0 Å². The van der Waals surface area contributed by atoms with Crippen molar-refractivity contribution < 1.29 is 8.42 Å². The molecule has 0 saturated carbocycles. The lowest BCUT2D eigenvalue weighted by Gasteiger charge is -2.34. The van der Waals surface area contributed by atoms with Crippen LogP contribution in [-0.2, 0) is 10.0 Å². The summed E-state index contributed by atoms with van der Waals surface area (Å²) in [6, 6.07) is 5.06. The third-order valence-corrected chi connectivity index (χ3v) is 6.13. The number of sulfonamides is 1. The van der Waals surface area contributed by atoms with Gasteiger partial charge in [-0.25, -0.2) is 8.42 Å². The second-order valence-electron chi connectivity index (χ2n) is 5.63. The first-order chi connectivity index (χ1) is 8.82. The molecule has 1 aliphatic heterocycles. The minimum atomic E-state index is -3.42. The monoisotopic (exact) mass is 282 g/mol. The average molecular weight is 282 g/mol. The lowest BCUT2D eigenvalue weighted by Crippen LogP contribution is -2.42. The Morgan fingerprint density at radius 2 is 1.95 bits per heavy atom. The van der Waals surface area contributed by atoms with Crippen molar-refractivity contribution in [2.24, 2.45) is 11.8 Å². The van der Waals surface area contributed by atoms with Crippen LogP contribution in [0.4, 0.5) is 5.69 Å². The Morgan fingerprint density at radius 3 is 2.58 bits per heavy atom. The molecular weight excluding hydrogens is 260 g/mol. The molecule has 19 heavy (non-hydrogen) atoms. The Morgan fingerprint density at radius 1 is 1.26 bits per heavy atom. The summed E-state index contributed by atoms with van der Waals surface area (Å²) in [6.45, 7) is 7.29. The predicted molar refractivity (Wildman–Crippen MR) is 77.3 cm³/mol. The van der Waals surface area contributed by atoms with Crippen molar-refractivity contribution in [2.75, 3.05) is 18.8 Å². The summed E-state index contributed by atoms with van der Waals surface area (Å²) in [5.74, 6) is 0.971. The fraction of sp³-hybridized carbons (Fsp3) is 0.571. The highest BCUT2D eigenvalue weighted by Crippen LogP contribution is 2.29. The molecule has 0 amide bonds. The number of hydrogen-bond acceptors (Lipinski definition) is 3. The summed E-state index contributed by atoms with van der Waals surface area (Å²) >= 11 is 0. The lowest BCUT2D eigenvalue weighted by molar-refractivity contribution is 0.212. The van der Waals surface area contributed by atoms with E-state index < -0.39 is 10.0 Å². The largest absolute Gasteiger partial charge is 0.399 e. The number of piperidine rings is 1. The molecule has 2 unspecified atom stereocenters. The maximum Gasteiger partial charge on any atom is 0.243 e. The Balaban J connectivity index is 2.35. The molecule has 0 aromatic heterocycles. The lowest BCUT2D eigenvalue weighted by atomic mass is 9.90. The molecule has 106 valence electrons. The molecule has 0 bridgehead atoms. The zero-order valence-corrected chi connectivity index (χ0v) is 12.6. The Kier molecular flexibility index (Phi) is 3.87. The smallest absolute Gasteiger partial charge is 0.243 e. The van der Waals surface area contributed by atoms with Gasteiger partial charge in [-0.2, -0.15) is 4.31 Å². The number of nitrogen functional groups attached to an aromatic ring is 1. The second-order valence-corrected chi connectivity index (χ2v) is 7.54. The van der Waals surface area contributed by atoms with Gasteiger partial charge in [0.2, 0.25) is 10.0 Å². The van der Waals surface area contributed by atoms with E-state index in [0.29, 0.717) is 35.5 Å². The SMILES string of the molecule is Cc1ccc(N)cc1S(=O)(=O)N1CCC(C)C(C)C1. The highest BCUT2D eigenvalue weighted by molar-refractivity contribution is 7.89. The molecule has 0 spiro atoms. The van der Waals surface area contributed by atoms with E-state index in [2.05, 4.69) is 13.8 Å². The summed E-state index contributed by atoms with van der Waals surface area (Å²) in [7, 11) is -3.42. The van der Waals surface area contributed by atoms with Gasteiger partial charge in [-0.05, 0) is 42.9 Å². The summed E-state index contributed by atoms with van der Waals surface area (Å²) in [4.78, 5) is 0.342. The number of nitrogens with two attached hydrogens (primary N) is 1. The van der Waals surface area contributed by atoms with Crippen molar-refractivity contribution in [1.29, 1.82) is 0 Å². The fourth-order valence-electron chi connectivity index (χ4n) is 2.48. The van der Waals surface area contributed by atoms with Crippen molar-refractivity contribution in [3.8, 4) is 0 Å². The van der Waals surface area contributed by atoms with Crippen LogP contribution in [0.25, 0.3) is 0 Å². The number of hydrogen-bond donors (Lipinski definition) is 1.